The van der Waals surface area contributed by atoms with E-state index in [1.807, 2.05) is 0 Å². The van der Waals surface area contributed by atoms with E-state index in [0.29, 0.717) is 17.6 Å². The average molecular weight is 354 g/mol. The number of hydrogen-bond donors (Lipinski definition) is 1. The number of allylic oxidation sites excluding steroid dienone is 9. The molecule has 0 amide bonds. The lowest BCUT2D eigenvalue weighted by Gasteiger charge is -2.39. The molecule has 0 bridgehead atoms. The summed E-state index contributed by atoms with van der Waals surface area (Å²) in [7, 11) is 0. The molecule has 0 radical (unpaired) electrons. The van der Waals surface area contributed by atoms with Crippen molar-refractivity contribution >= 4 is 12.6 Å². The van der Waals surface area contributed by atoms with E-state index < -0.39 is 28.9 Å². The SMILES string of the molecule is C=C/C=C\C(=C/S)C(/C(C=C)=C/C=C\C)(C(F)(F)F)C(F)(F)F. The fourth-order valence-electron chi connectivity index (χ4n) is 1.96. The molecule has 0 aromatic heterocycles. The van der Waals surface area contributed by atoms with Gasteiger partial charge in [0.05, 0.1) is 0 Å². The summed E-state index contributed by atoms with van der Waals surface area (Å²) in [6, 6.07) is 0. The van der Waals surface area contributed by atoms with Gasteiger partial charge in [-0.3, -0.25) is 0 Å². The van der Waals surface area contributed by atoms with E-state index in [2.05, 4.69) is 25.8 Å². The van der Waals surface area contributed by atoms with E-state index in [1.54, 1.807) is 0 Å². The largest absolute Gasteiger partial charge is 0.411 e. The van der Waals surface area contributed by atoms with E-state index in [9.17, 15) is 26.3 Å². The molecule has 0 aromatic rings. The summed E-state index contributed by atoms with van der Waals surface area (Å²) in [4.78, 5) is 0. The van der Waals surface area contributed by atoms with Crippen LogP contribution in [0.3, 0.4) is 0 Å². The molecule has 0 nitrogen and oxygen atoms in total. The van der Waals surface area contributed by atoms with Gasteiger partial charge in [-0.25, -0.2) is 0 Å². The van der Waals surface area contributed by atoms with Crippen LogP contribution in [0.15, 0.2) is 72.2 Å². The van der Waals surface area contributed by atoms with Crippen molar-refractivity contribution in [3.05, 3.63) is 72.2 Å². The lowest BCUT2D eigenvalue weighted by Crippen LogP contribution is -2.52. The van der Waals surface area contributed by atoms with Gasteiger partial charge in [0.15, 0.2) is 0 Å². The first kappa shape index (κ1) is 21.4. The van der Waals surface area contributed by atoms with Crippen molar-refractivity contribution in [2.75, 3.05) is 0 Å². The Morgan fingerprint density at radius 2 is 1.43 bits per heavy atom. The normalized spacial score (nSPS) is 15.5. The van der Waals surface area contributed by atoms with Crippen LogP contribution in [0.2, 0.25) is 0 Å². The molecule has 0 aliphatic carbocycles. The lowest BCUT2D eigenvalue weighted by atomic mass is 9.72. The summed E-state index contributed by atoms with van der Waals surface area (Å²) >= 11 is 3.54. The highest BCUT2D eigenvalue weighted by atomic mass is 32.1. The Kier molecular flexibility index (Phi) is 7.70. The van der Waals surface area contributed by atoms with Crippen molar-refractivity contribution in [1.82, 2.24) is 0 Å². The molecule has 23 heavy (non-hydrogen) atoms. The van der Waals surface area contributed by atoms with Gasteiger partial charge in [-0.2, -0.15) is 39.0 Å². The number of alkyl halides is 6. The predicted octanol–water partition coefficient (Wildman–Crippen LogP) is 6.34. The number of thiol groups is 1. The smallest absolute Gasteiger partial charge is 0.169 e. The minimum Gasteiger partial charge on any atom is -0.169 e. The summed E-state index contributed by atoms with van der Waals surface area (Å²) in [5.74, 6) is 0. The van der Waals surface area contributed by atoms with Crippen LogP contribution in [-0.2, 0) is 0 Å². The van der Waals surface area contributed by atoms with Gasteiger partial charge in [0.2, 0.25) is 5.41 Å². The van der Waals surface area contributed by atoms with E-state index >= 15 is 0 Å². The summed E-state index contributed by atoms with van der Waals surface area (Å²) in [5.41, 5.74) is -6.39. The second kappa shape index (κ2) is 8.29. The van der Waals surface area contributed by atoms with E-state index in [0.717, 1.165) is 24.3 Å². The van der Waals surface area contributed by atoms with Gasteiger partial charge in [-0.1, -0.05) is 55.7 Å². The Balaban J connectivity index is 6.99. The van der Waals surface area contributed by atoms with Gasteiger partial charge >= 0.3 is 12.4 Å². The summed E-state index contributed by atoms with van der Waals surface area (Å²) < 4.78 is 81.8. The number of halogens is 6. The molecule has 128 valence electrons. The van der Waals surface area contributed by atoms with Crippen molar-refractivity contribution in [3.8, 4) is 0 Å². The fourth-order valence-corrected chi connectivity index (χ4v) is 2.24. The third-order valence-corrected chi connectivity index (χ3v) is 3.23. The van der Waals surface area contributed by atoms with Crippen molar-refractivity contribution in [2.24, 2.45) is 5.41 Å². The van der Waals surface area contributed by atoms with Gasteiger partial charge in [-0.05, 0) is 23.5 Å². The Morgan fingerprint density at radius 3 is 1.74 bits per heavy atom. The van der Waals surface area contributed by atoms with Crippen LogP contribution in [0.1, 0.15) is 6.92 Å². The Hall–Kier alpha value is -1.63. The van der Waals surface area contributed by atoms with Crippen molar-refractivity contribution in [1.29, 1.82) is 0 Å². The van der Waals surface area contributed by atoms with Crippen molar-refractivity contribution in [3.63, 3.8) is 0 Å². The maximum Gasteiger partial charge on any atom is 0.411 e. The molecule has 0 saturated heterocycles. The first-order chi connectivity index (χ1) is 10.5. The standard InChI is InChI=1S/C16H16F6S/c1-4-7-9-12(6-3)14(15(17,18)19,16(20,21)22)13(11-23)10-8-5-2/h4-11,23H,2-3H2,1H3/b7-4-,10-8-,12-9+,13-11+. The van der Waals surface area contributed by atoms with E-state index in [-0.39, 0.29) is 0 Å². The van der Waals surface area contributed by atoms with Gasteiger partial charge in [-0.15, -0.1) is 0 Å². The minimum atomic E-state index is -5.66. The van der Waals surface area contributed by atoms with Crippen LogP contribution >= 0.6 is 12.6 Å². The maximum atomic E-state index is 13.6. The van der Waals surface area contributed by atoms with Gasteiger partial charge in [0.1, 0.15) is 0 Å². The quantitative estimate of drug-likeness (QED) is 0.321. The fraction of sp³-hybridized carbons (Fsp3) is 0.250. The molecule has 0 atom stereocenters. The molecule has 0 N–H and O–H groups in total. The molecule has 0 rings (SSSR count). The molecule has 0 saturated carbocycles. The van der Waals surface area contributed by atoms with Gasteiger partial charge in [0, 0.05) is 0 Å². The van der Waals surface area contributed by atoms with Crippen LogP contribution in [0, 0.1) is 5.41 Å². The number of hydrogen-bond acceptors (Lipinski definition) is 1. The molecule has 0 aliphatic heterocycles. The summed E-state index contributed by atoms with van der Waals surface area (Å²) in [6.45, 7) is 7.81. The zero-order valence-corrected chi connectivity index (χ0v) is 13.1. The molecule has 0 spiro atoms. The zero-order valence-electron chi connectivity index (χ0n) is 12.2. The number of rotatable bonds is 6. The highest BCUT2D eigenvalue weighted by Crippen LogP contribution is 2.60. The maximum absolute atomic E-state index is 13.6. The topological polar surface area (TPSA) is 0 Å². The highest BCUT2D eigenvalue weighted by Gasteiger charge is 2.73. The molecule has 0 unspecified atom stereocenters. The Bertz CT molecular complexity index is 530. The molecular formula is C16H16F6S. The molecular weight excluding hydrogens is 338 g/mol. The Morgan fingerprint density at radius 1 is 0.913 bits per heavy atom. The van der Waals surface area contributed by atoms with Crippen LogP contribution in [0.4, 0.5) is 26.3 Å². The highest BCUT2D eigenvalue weighted by molar-refractivity contribution is 7.83. The van der Waals surface area contributed by atoms with Crippen molar-refractivity contribution in [2.45, 2.75) is 19.3 Å². The second-order valence-corrected chi connectivity index (χ2v) is 4.53. The van der Waals surface area contributed by atoms with Crippen molar-refractivity contribution < 1.29 is 26.3 Å². The Labute approximate surface area is 136 Å². The van der Waals surface area contributed by atoms with Gasteiger partial charge < -0.3 is 0 Å². The summed E-state index contributed by atoms with van der Waals surface area (Å²) in [5, 5.41) is 0.480. The summed E-state index contributed by atoms with van der Waals surface area (Å²) in [6.07, 6.45) is -4.94. The third kappa shape index (κ3) is 4.22. The van der Waals surface area contributed by atoms with Crippen LogP contribution in [0.5, 0.6) is 0 Å². The van der Waals surface area contributed by atoms with Crippen LogP contribution < -0.4 is 0 Å². The second-order valence-electron chi connectivity index (χ2n) is 4.28. The molecule has 0 fully saturated rings. The first-order valence-corrected chi connectivity index (χ1v) is 6.79. The molecule has 7 heteroatoms. The lowest BCUT2D eigenvalue weighted by molar-refractivity contribution is -0.308. The minimum absolute atomic E-state index is 0.480. The monoisotopic (exact) mass is 354 g/mol. The van der Waals surface area contributed by atoms with Crippen LogP contribution in [-0.4, -0.2) is 12.4 Å². The first-order valence-electron chi connectivity index (χ1n) is 6.27. The molecule has 0 aromatic carbocycles. The van der Waals surface area contributed by atoms with Gasteiger partial charge in [0.25, 0.3) is 0 Å². The predicted molar refractivity (Wildman–Crippen MR) is 84.0 cm³/mol. The van der Waals surface area contributed by atoms with E-state index in [1.165, 1.54) is 13.0 Å². The third-order valence-electron chi connectivity index (χ3n) is 2.96. The van der Waals surface area contributed by atoms with Crippen LogP contribution in [0.25, 0.3) is 0 Å². The molecule has 0 heterocycles. The van der Waals surface area contributed by atoms with E-state index in [4.69, 9.17) is 0 Å². The average Bonchev–Trinajstić information content (AvgIpc) is 2.43. The molecule has 0 aliphatic rings. The zero-order chi connectivity index (χ0) is 18.3.